The SMILES string of the molecule is Cn1cccc1C(=O)N1CC[C@@H](Nc2cccnc2)C1. The van der Waals surface area contributed by atoms with E-state index < -0.39 is 0 Å². The fraction of sp³-hybridized carbons (Fsp3) is 0.333. The maximum atomic E-state index is 12.4. The van der Waals surface area contributed by atoms with Crippen molar-refractivity contribution in [2.75, 3.05) is 18.4 Å². The third-order valence-corrected chi connectivity index (χ3v) is 3.67. The second kappa shape index (κ2) is 5.36. The number of amides is 1. The first-order chi connectivity index (χ1) is 9.74. The number of carbonyl (C=O) groups is 1. The lowest BCUT2D eigenvalue weighted by Crippen LogP contribution is -2.32. The summed E-state index contributed by atoms with van der Waals surface area (Å²) < 4.78 is 1.87. The van der Waals surface area contributed by atoms with Crippen LogP contribution in [0.2, 0.25) is 0 Å². The molecule has 3 heterocycles. The van der Waals surface area contributed by atoms with Crippen molar-refractivity contribution in [2.24, 2.45) is 7.05 Å². The van der Waals surface area contributed by atoms with Gasteiger partial charge in [0.1, 0.15) is 5.69 Å². The fourth-order valence-electron chi connectivity index (χ4n) is 2.59. The summed E-state index contributed by atoms with van der Waals surface area (Å²) in [6.45, 7) is 1.53. The monoisotopic (exact) mass is 270 g/mol. The van der Waals surface area contributed by atoms with Gasteiger partial charge in [-0.15, -0.1) is 0 Å². The fourth-order valence-corrected chi connectivity index (χ4v) is 2.59. The molecule has 20 heavy (non-hydrogen) atoms. The number of anilines is 1. The lowest BCUT2D eigenvalue weighted by Gasteiger charge is -2.18. The van der Waals surface area contributed by atoms with Gasteiger partial charge >= 0.3 is 0 Å². The van der Waals surface area contributed by atoms with Gasteiger partial charge in [0.2, 0.25) is 0 Å². The first-order valence-electron chi connectivity index (χ1n) is 6.81. The average Bonchev–Trinajstić information content (AvgIpc) is 3.08. The molecule has 1 saturated heterocycles. The quantitative estimate of drug-likeness (QED) is 0.924. The number of hydrogen-bond donors (Lipinski definition) is 1. The summed E-state index contributed by atoms with van der Waals surface area (Å²) in [4.78, 5) is 18.4. The number of carbonyl (C=O) groups excluding carboxylic acids is 1. The van der Waals surface area contributed by atoms with E-state index in [1.165, 1.54) is 0 Å². The first kappa shape index (κ1) is 12.7. The number of nitrogens with zero attached hydrogens (tertiary/aromatic N) is 3. The number of likely N-dealkylation sites (tertiary alicyclic amines) is 1. The second-order valence-electron chi connectivity index (χ2n) is 5.13. The predicted molar refractivity (Wildman–Crippen MR) is 77.6 cm³/mol. The van der Waals surface area contributed by atoms with E-state index in [0.29, 0.717) is 6.04 Å². The molecule has 0 unspecified atom stereocenters. The Balaban J connectivity index is 1.62. The maximum absolute atomic E-state index is 12.4. The summed E-state index contributed by atoms with van der Waals surface area (Å²) in [5, 5.41) is 3.42. The number of aryl methyl sites for hydroxylation is 1. The molecule has 0 saturated carbocycles. The Morgan fingerprint density at radius 2 is 2.30 bits per heavy atom. The highest BCUT2D eigenvalue weighted by molar-refractivity contribution is 5.93. The van der Waals surface area contributed by atoms with E-state index in [0.717, 1.165) is 30.9 Å². The van der Waals surface area contributed by atoms with Gasteiger partial charge in [-0.05, 0) is 30.7 Å². The lowest BCUT2D eigenvalue weighted by molar-refractivity contribution is 0.0782. The molecule has 1 amide bonds. The van der Waals surface area contributed by atoms with Gasteiger partial charge in [-0.3, -0.25) is 9.78 Å². The summed E-state index contributed by atoms with van der Waals surface area (Å²) in [6.07, 6.45) is 6.42. The van der Waals surface area contributed by atoms with Crippen molar-refractivity contribution < 1.29 is 4.79 Å². The molecule has 5 heteroatoms. The van der Waals surface area contributed by atoms with Crippen molar-refractivity contribution in [1.29, 1.82) is 0 Å². The van der Waals surface area contributed by atoms with E-state index in [2.05, 4.69) is 10.3 Å². The van der Waals surface area contributed by atoms with E-state index in [4.69, 9.17) is 0 Å². The first-order valence-corrected chi connectivity index (χ1v) is 6.81. The van der Waals surface area contributed by atoms with Crippen LogP contribution in [0.5, 0.6) is 0 Å². The van der Waals surface area contributed by atoms with Crippen LogP contribution in [0.4, 0.5) is 5.69 Å². The molecule has 0 aromatic carbocycles. The zero-order chi connectivity index (χ0) is 13.9. The molecule has 1 atom stereocenters. The summed E-state index contributed by atoms with van der Waals surface area (Å²) in [6, 6.07) is 7.96. The second-order valence-corrected chi connectivity index (χ2v) is 5.13. The number of rotatable bonds is 3. The molecule has 0 aliphatic carbocycles. The van der Waals surface area contributed by atoms with Crippen LogP contribution in [-0.4, -0.2) is 39.5 Å². The molecule has 1 aliphatic rings. The number of nitrogens with one attached hydrogen (secondary N) is 1. The van der Waals surface area contributed by atoms with Crippen LogP contribution in [0, 0.1) is 0 Å². The maximum Gasteiger partial charge on any atom is 0.270 e. The van der Waals surface area contributed by atoms with Crippen LogP contribution < -0.4 is 5.32 Å². The standard InChI is InChI=1S/C15H18N4O/c1-18-8-3-5-14(18)15(20)19-9-6-13(11-19)17-12-4-2-7-16-10-12/h2-5,7-8,10,13,17H,6,9,11H2,1H3/t13-/m1/s1. The minimum Gasteiger partial charge on any atom is -0.379 e. The van der Waals surface area contributed by atoms with Crippen molar-refractivity contribution in [3.8, 4) is 0 Å². The highest BCUT2D eigenvalue weighted by Crippen LogP contribution is 2.17. The van der Waals surface area contributed by atoms with Crippen LogP contribution in [0.25, 0.3) is 0 Å². The van der Waals surface area contributed by atoms with Gasteiger partial charge in [-0.2, -0.15) is 0 Å². The molecule has 2 aromatic rings. The Labute approximate surface area is 118 Å². The normalized spacial score (nSPS) is 18.2. The average molecular weight is 270 g/mol. The Morgan fingerprint density at radius 3 is 3.00 bits per heavy atom. The van der Waals surface area contributed by atoms with Gasteiger partial charge in [-0.25, -0.2) is 0 Å². The summed E-state index contributed by atoms with van der Waals surface area (Å²) in [7, 11) is 1.90. The molecular formula is C15H18N4O. The van der Waals surface area contributed by atoms with Gasteiger partial charge in [0.05, 0.1) is 5.69 Å². The van der Waals surface area contributed by atoms with Crippen molar-refractivity contribution >= 4 is 11.6 Å². The summed E-state index contributed by atoms with van der Waals surface area (Å²) in [5.74, 6) is 0.105. The number of hydrogen-bond acceptors (Lipinski definition) is 3. The van der Waals surface area contributed by atoms with Crippen molar-refractivity contribution in [1.82, 2.24) is 14.5 Å². The van der Waals surface area contributed by atoms with E-state index in [1.807, 2.05) is 53.2 Å². The van der Waals surface area contributed by atoms with Crippen LogP contribution >= 0.6 is 0 Å². The minimum absolute atomic E-state index is 0.105. The smallest absolute Gasteiger partial charge is 0.270 e. The Hall–Kier alpha value is -2.30. The zero-order valence-electron chi connectivity index (χ0n) is 11.5. The van der Waals surface area contributed by atoms with Gasteiger partial charge in [0.25, 0.3) is 5.91 Å². The van der Waals surface area contributed by atoms with E-state index in [9.17, 15) is 4.79 Å². The largest absolute Gasteiger partial charge is 0.379 e. The number of pyridine rings is 1. The summed E-state index contributed by atoms with van der Waals surface area (Å²) >= 11 is 0. The van der Waals surface area contributed by atoms with E-state index in [1.54, 1.807) is 6.20 Å². The Bertz CT molecular complexity index is 593. The Morgan fingerprint density at radius 1 is 1.40 bits per heavy atom. The van der Waals surface area contributed by atoms with Gasteiger partial charge in [0.15, 0.2) is 0 Å². The topological polar surface area (TPSA) is 50.2 Å². The Kier molecular flexibility index (Phi) is 3.41. The molecule has 5 nitrogen and oxygen atoms in total. The van der Waals surface area contributed by atoms with Crippen molar-refractivity contribution in [3.05, 3.63) is 48.5 Å². The highest BCUT2D eigenvalue weighted by atomic mass is 16.2. The van der Waals surface area contributed by atoms with Crippen LogP contribution in [0.15, 0.2) is 42.9 Å². The number of aromatic nitrogens is 2. The van der Waals surface area contributed by atoms with Gasteiger partial charge < -0.3 is 14.8 Å². The van der Waals surface area contributed by atoms with Gasteiger partial charge in [0, 0.05) is 44.8 Å². The molecule has 2 aromatic heterocycles. The molecule has 1 fully saturated rings. The molecule has 3 rings (SSSR count). The van der Waals surface area contributed by atoms with Crippen molar-refractivity contribution in [3.63, 3.8) is 0 Å². The zero-order valence-corrected chi connectivity index (χ0v) is 11.5. The molecule has 0 spiro atoms. The molecule has 1 aliphatic heterocycles. The minimum atomic E-state index is 0.105. The van der Waals surface area contributed by atoms with Crippen molar-refractivity contribution in [2.45, 2.75) is 12.5 Å². The summed E-state index contributed by atoms with van der Waals surface area (Å²) in [5.41, 5.74) is 1.75. The molecule has 0 radical (unpaired) electrons. The predicted octanol–water partition coefficient (Wildman–Crippen LogP) is 1.75. The van der Waals surface area contributed by atoms with Crippen LogP contribution in [-0.2, 0) is 7.05 Å². The third kappa shape index (κ3) is 2.52. The lowest BCUT2D eigenvalue weighted by atomic mass is 10.2. The molecule has 104 valence electrons. The molecule has 0 bridgehead atoms. The third-order valence-electron chi connectivity index (χ3n) is 3.67. The van der Waals surface area contributed by atoms with Crippen LogP contribution in [0.1, 0.15) is 16.9 Å². The molecule has 1 N–H and O–H groups in total. The molecular weight excluding hydrogens is 252 g/mol. The van der Waals surface area contributed by atoms with E-state index in [-0.39, 0.29) is 5.91 Å². The van der Waals surface area contributed by atoms with E-state index >= 15 is 0 Å². The van der Waals surface area contributed by atoms with Gasteiger partial charge in [-0.1, -0.05) is 0 Å². The highest BCUT2D eigenvalue weighted by Gasteiger charge is 2.27. The van der Waals surface area contributed by atoms with Crippen LogP contribution in [0.3, 0.4) is 0 Å².